The maximum Gasteiger partial charge on any atom is 0.311 e. The van der Waals surface area contributed by atoms with Crippen LogP contribution in [0.25, 0.3) is 0 Å². The second-order valence-corrected chi connectivity index (χ2v) is 4.58. The summed E-state index contributed by atoms with van der Waals surface area (Å²) in [6, 6.07) is 1.88. The molecule has 1 heterocycles. The van der Waals surface area contributed by atoms with Crippen molar-refractivity contribution in [3.63, 3.8) is 0 Å². The number of hydrogen-bond donors (Lipinski definition) is 2. The van der Waals surface area contributed by atoms with Crippen LogP contribution in [0, 0.1) is 12.3 Å². The number of carbonyl (C=O) groups is 1. The SMILES string of the molecule is CCc1cc(NCC2(C(=O)O)CC2)nc(C)n1. The van der Waals surface area contributed by atoms with Crippen molar-refractivity contribution in [1.29, 1.82) is 0 Å². The predicted molar refractivity (Wildman–Crippen MR) is 63.9 cm³/mol. The number of nitrogens with one attached hydrogen (secondary N) is 1. The Bertz CT molecular complexity index is 441. The van der Waals surface area contributed by atoms with Crippen LogP contribution in [0.1, 0.15) is 31.3 Å². The molecule has 17 heavy (non-hydrogen) atoms. The van der Waals surface area contributed by atoms with Crippen molar-refractivity contribution in [2.75, 3.05) is 11.9 Å². The van der Waals surface area contributed by atoms with Crippen molar-refractivity contribution in [3.8, 4) is 0 Å². The molecule has 0 aliphatic heterocycles. The summed E-state index contributed by atoms with van der Waals surface area (Å²) in [5.74, 6) is 0.723. The number of aliphatic carboxylic acids is 1. The lowest BCUT2D eigenvalue weighted by molar-refractivity contribution is -0.142. The molecule has 1 aliphatic carbocycles. The number of hydrogen-bond acceptors (Lipinski definition) is 4. The van der Waals surface area contributed by atoms with E-state index in [1.54, 1.807) is 0 Å². The van der Waals surface area contributed by atoms with E-state index < -0.39 is 11.4 Å². The highest BCUT2D eigenvalue weighted by atomic mass is 16.4. The van der Waals surface area contributed by atoms with Gasteiger partial charge in [0, 0.05) is 18.3 Å². The van der Waals surface area contributed by atoms with Gasteiger partial charge in [0.25, 0.3) is 0 Å². The van der Waals surface area contributed by atoms with E-state index in [1.165, 1.54) is 0 Å². The summed E-state index contributed by atoms with van der Waals surface area (Å²) >= 11 is 0. The van der Waals surface area contributed by atoms with Crippen molar-refractivity contribution >= 4 is 11.8 Å². The number of carboxylic acid groups (broad SMARTS) is 1. The Morgan fingerprint density at radius 2 is 2.24 bits per heavy atom. The lowest BCUT2D eigenvalue weighted by Gasteiger charge is -2.12. The number of carboxylic acids is 1. The summed E-state index contributed by atoms with van der Waals surface area (Å²) in [7, 11) is 0. The molecule has 0 unspecified atom stereocenters. The Hall–Kier alpha value is -1.65. The second kappa shape index (κ2) is 4.31. The quantitative estimate of drug-likeness (QED) is 0.811. The molecule has 0 aromatic carbocycles. The molecular formula is C12H17N3O2. The minimum atomic E-state index is -0.716. The summed E-state index contributed by atoms with van der Waals surface area (Å²) in [5.41, 5.74) is 0.408. The van der Waals surface area contributed by atoms with Gasteiger partial charge < -0.3 is 10.4 Å². The largest absolute Gasteiger partial charge is 0.481 e. The molecule has 0 radical (unpaired) electrons. The molecule has 1 fully saturated rings. The fraction of sp³-hybridized carbons (Fsp3) is 0.583. The Morgan fingerprint density at radius 3 is 2.76 bits per heavy atom. The molecule has 92 valence electrons. The summed E-state index contributed by atoms with van der Waals surface area (Å²) in [6.07, 6.45) is 2.35. The first-order chi connectivity index (χ1) is 8.05. The van der Waals surface area contributed by atoms with Gasteiger partial charge in [-0.25, -0.2) is 9.97 Å². The fourth-order valence-corrected chi connectivity index (χ4v) is 1.78. The van der Waals surface area contributed by atoms with Gasteiger partial charge in [0.1, 0.15) is 11.6 Å². The third kappa shape index (κ3) is 2.54. The predicted octanol–water partition coefficient (Wildman–Crippen LogP) is 1.62. The average Bonchev–Trinajstić information content (AvgIpc) is 3.06. The lowest BCUT2D eigenvalue weighted by Crippen LogP contribution is -2.24. The van der Waals surface area contributed by atoms with E-state index in [4.69, 9.17) is 5.11 Å². The third-order valence-electron chi connectivity index (χ3n) is 3.17. The van der Waals surface area contributed by atoms with Crippen molar-refractivity contribution in [1.82, 2.24) is 9.97 Å². The topological polar surface area (TPSA) is 75.1 Å². The van der Waals surface area contributed by atoms with E-state index in [-0.39, 0.29) is 0 Å². The van der Waals surface area contributed by atoms with Crippen LogP contribution in [0.2, 0.25) is 0 Å². The van der Waals surface area contributed by atoms with Gasteiger partial charge in [-0.3, -0.25) is 4.79 Å². The zero-order valence-corrected chi connectivity index (χ0v) is 10.2. The summed E-state index contributed by atoms with van der Waals surface area (Å²) < 4.78 is 0. The molecule has 1 aromatic rings. The van der Waals surface area contributed by atoms with Crippen molar-refractivity contribution in [3.05, 3.63) is 17.6 Å². The van der Waals surface area contributed by atoms with Crippen LogP contribution in [-0.2, 0) is 11.2 Å². The van der Waals surface area contributed by atoms with Crippen LogP contribution in [0.4, 0.5) is 5.82 Å². The van der Waals surface area contributed by atoms with Gasteiger partial charge >= 0.3 is 5.97 Å². The number of aryl methyl sites for hydroxylation is 2. The van der Waals surface area contributed by atoms with Gasteiger partial charge in [0.15, 0.2) is 0 Å². The fourth-order valence-electron chi connectivity index (χ4n) is 1.78. The maximum atomic E-state index is 11.0. The minimum absolute atomic E-state index is 0.446. The first-order valence-electron chi connectivity index (χ1n) is 5.87. The van der Waals surface area contributed by atoms with Gasteiger partial charge in [0.2, 0.25) is 0 Å². The zero-order valence-electron chi connectivity index (χ0n) is 10.2. The molecule has 0 amide bonds. The number of nitrogens with zero attached hydrogens (tertiary/aromatic N) is 2. The van der Waals surface area contributed by atoms with Gasteiger partial charge in [-0.2, -0.15) is 0 Å². The molecular weight excluding hydrogens is 218 g/mol. The normalized spacial score (nSPS) is 16.6. The second-order valence-electron chi connectivity index (χ2n) is 4.58. The summed E-state index contributed by atoms with van der Waals surface area (Å²) in [6.45, 7) is 4.32. The van der Waals surface area contributed by atoms with Crippen LogP contribution in [0.15, 0.2) is 6.07 Å². The Labute approximate surface area is 100 Å². The van der Waals surface area contributed by atoms with Crippen molar-refractivity contribution in [2.24, 2.45) is 5.41 Å². The van der Waals surface area contributed by atoms with Crippen molar-refractivity contribution < 1.29 is 9.90 Å². The van der Waals surface area contributed by atoms with E-state index in [0.29, 0.717) is 12.4 Å². The highest BCUT2D eigenvalue weighted by molar-refractivity contribution is 5.78. The number of rotatable bonds is 5. The van der Waals surface area contributed by atoms with Gasteiger partial charge in [-0.15, -0.1) is 0 Å². The smallest absolute Gasteiger partial charge is 0.311 e. The molecule has 1 aromatic heterocycles. The molecule has 5 nitrogen and oxygen atoms in total. The molecule has 0 spiro atoms. The summed E-state index contributed by atoms with van der Waals surface area (Å²) in [5, 5.41) is 12.2. The monoisotopic (exact) mass is 235 g/mol. The molecule has 0 atom stereocenters. The Morgan fingerprint density at radius 1 is 1.53 bits per heavy atom. The van der Waals surface area contributed by atoms with Gasteiger partial charge in [-0.1, -0.05) is 6.92 Å². The Kier molecular flexibility index (Phi) is 3.00. The van der Waals surface area contributed by atoms with Crippen LogP contribution >= 0.6 is 0 Å². The highest BCUT2D eigenvalue weighted by Gasteiger charge is 2.50. The summed E-state index contributed by atoms with van der Waals surface area (Å²) in [4.78, 5) is 19.6. The van der Waals surface area contributed by atoms with Crippen LogP contribution < -0.4 is 5.32 Å². The van der Waals surface area contributed by atoms with Crippen LogP contribution in [-0.4, -0.2) is 27.6 Å². The molecule has 2 rings (SSSR count). The average molecular weight is 235 g/mol. The first-order valence-corrected chi connectivity index (χ1v) is 5.87. The Balaban J connectivity index is 2.04. The van der Waals surface area contributed by atoms with E-state index in [2.05, 4.69) is 15.3 Å². The molecule has 1 aliphatic rings. The molecule has 2 N–H and O–H groups in total. The van der Waals surface area contributed by atoms with Crippen LogP contribution in [0.5, 0.6) is 0 Å². The molecule has 0 saturated heterocycles. The lowest BCUT2D eigenvalue weighted by atomic mass is 10.1. The first kappa shape index (κ1) is 11.8. The minimum Gasteiger partial charge on any atom is -0.481 e. The number of aromatic nitrogens is 2. The van der Waals surface area contributed by atoms with E-state index in [1.807, 2.05) is 19.9 Å². The van der Waals surface area contributed by atoms with Gasteiger partial charge in [-0.05, 0) is 26.2 Å². The molecule has 5 heteroatoms. The van der Waals surface area contributed by atoms with Crippen LogP contribution in [0.3, 0.4) is 0 Å². The third-order valence-corrected chi connectivity index (χ3v) is 3.17. The zero-order chi connectivity index (χ0) is 12.5. The highest BCUT2D eigenvalue weighted by Crippen LogP contribution is 2.45. The van der Waals surface area contributed by atoms with E-state index in [0.717, 1.165) is 30.8 Å². The molecule has 1 saturated carbocycles. The number of anilines is 1. The standard InChI is InChI=1S/C12H17N3O2/c1-3-9-6-10(15-8(2)14-9)13-7-12(4-5-12)11(16)17/h6H,3-5,7H2,1-2H3,(H,16,17)(H,13,14,15). The van der Waals surface area contributed by atoms with Gasteiger partial charge in [0.05, 0.1) is 5.41 Å². The van der Waals surface area contributed by atoms with E-state index in [9.17, 15) is 4.79 Å². The molecule has 0 bridgehead atoms. The van der Waals surface area contributed by atoms with Crippen molar-refractivity contribution in [2.45, 2.75) is 33.1 Å². The maximum absolute atomic E-state index is 11.0. The van der Waals surface area contributed by atoms with E-state index >= 15 is 0 Å².